The largest absolute Gasteiger partial charge is 0.356 e. The van der Waals surface area contributed by atoms with Crippen molar-refractivity contribution in [2.75, 3.05) is 31.6 Å². The molecule has 7 nitrogen and oxygen atoms in total. The van der Waals surface area contributed by atoms with Crippen molar-refractivity contribution < 1.29 is 9.18 Å². The quantitative estimate of drug-likeness (QED) is 0.827. The van der Waals surface area contributed by atoms with Gasteiger partial charge in [0.15, 0.2) is 0 Å². The van der Waals surface area contributed by atoms with Gasteiger partial charge >= 0.3 is 0 Å². The Morgan fingerprint density at radius 2 is 2.17 bits per heavy atom. The first-order valence-electron chi connectivity index (χ1n) is 7.62. The van der Waals surface area contributed by atoms with E-state index in [1.54, 1.807) is 24.2 Å². The maximum absolute atomic E-state index is 13.4. The summed E-state index contributed by atoms with van der Waals surface area (Å²) < 4.78 is 13.4. The van der Waals surface area contributed by atoms with Gasteiger partial charge in [-0.15, -0.1) is 0 Å². The summed E-state index contributed by atoms with van der Waals surface area (Å²) in [6, 6.07) is 5.62. The molecule has 0 spiro atoms. The van der Waals surface area contributed by atoms with Gasteiger partial charge in [0.25, 0.3) is 5.91 Å². The summed E-state index contributed by atoms with van der Waals surface area (Å²) in [6.45, 7) is 3.80. The van der Waals surface area contributed by atoms with Crippen LogP contribution in [0.15, 0.2) is 28.3 Å². The third-order valence-corrected chi connectivity index (χ3v) is 4.10. The van der Waals surface area contributed by atoms with Gasteiger partial charge in [-0.2, -0.15) is 10.3 Å². The number of amides is 1. The number of hydrogen-bond acceptors (Lipinski definition) is 6. The van der Waals surface area contributed by atoms with Crippen LogP contribution in [0.25, 0.3) is 0 Å². The molecule has 1 amide bonds. The van der Waals surface area contributed by atoms with Crippen LogP contribution >= 0.6 is 0 Å². The first-order valence-corrected chi connectivity index (χ1v) is 7.62. The molecule has 0 saturated carbocycles. The highest BCUT2D eigenvalue weighted by Gasteiger charge is 2.31. The predicted molar refractivity (Wildman–Crippen MR) is 87.7 cm³/mol. The second-order valence-corrected chi connectivity index (χ2v) is 6.03. The second kappa shape index (κ2) is 6.35. The van der Waals surface area contributed by atoms with E-state index in [9.17, 15) is 9.18 Å². The predicted octanol–water partition coefficient (Wildman–Crippen LogP) is 1.02. The molecule has 0 aliphatic carbocycles. The summed E-state index contributed by atoms with van der Waals surface area (Å²) in [5, 5.41) is 8.78. The normalized spacial score (nSPS) is 20.8. The number of anilines is 1. The lowest BCUT2D eigenvalue weighted by Crippen LogP contribution is -2.52. The van der Waals surface area contributed by atoms with Crippen LogP contribution in [0.1, 0.15) is 12.5 Å². The molecule has 1 atom stereocenters. The molecular weight excluding hydrogens is 311 g/mol. The van der Waals surface area contributed by atoms with Gasteiger partial charge < -0.3 is 9.80 Å². The molecule has 8 heteroatoms. The standard InChI is InChI=1S/C16H17FN6O/c1-10-14(17)15(24)21-16(20-10)22(2)7-12-8-23(9-12)13-4-3-11(5-18)6-19-13/h3-4,6,12,14H,7-9H2,1-2H3. The molecule has 1 saturated heterocycles. The minimum atomic E-state index is -1.72. The SMILES string of the molecule is CC1=NC(N(C)CC2CN(c3ccc(C#N)cn3)C2)=NC(=O)C1F. The Balaban J connectivity index is 1.55. The monoisotopic (exact) mass is 328 g/mol. The van der Waals surface area contributed by atoms with E-state index in [-0.39, 0.29) is 11.7 Å². The van der Waals surface area contributed by atoms with Crippen LogP contribution in [0.3, 0.4) is 0 Å². The average Bonchev–Trinajstić information content (AvgIpc) is 2.55. The van der Waals surface area contributed by atoms with Gasteiger partial charge in [-0.3, -0.25) is 4.79 Å². The van der Waals surface area contributed by atoms with Gasteiger partial charge in [-0.25, -0.2) is 14.4 Å². The zero-order valence-corrected chi connectivity index (χ0v) is 13.5. The number of guanidine groups is 1. The van der Waals surface area contributed by atoms with Gasteiger partial charge in [0, 0.05) is 38.8 Å². The van der Waals surface area contributed by atoms with Crippen molar-refractivity contribution in [2.45, 2.75) is 13.1 Å². The van der Waals surface area contributed by atoms with Crippen LogP contribution < -0.4 is 4.90 Å². The fraction of sp³-hybridized carbons (Fsp3) is 0.438. The van der Waals surface area contributed by atoms with Crippen molar-refractivity contribution in [1.29, 1.82) is 5.26 Å². The van der Waals surface area contributed by atoms with Crippen molar-refractivity contribution in [2.24, 2.45) is 15.9 Å². The lowest BCUT2D eigenvalue weighted by molar-refractivity contribution is -0.120. The molecule has 3 rings (SSSR count). The third-order valence-electron chi connectivity index (χ3n) is 4.10. The van der Waals surface area contributed by atoms with Gasteiger partial charge in [0.1, 0.15) is 11.9 Å². The molecule has 1 aromatic heterocycles. The van der Waals surface area contributed by atoms with E-state index in [1.807, 2.05) is 12.1 Å². The molecule has 0 bridgehead atoms. The number of halogens is 1. The number of hydrogen-bond donors (Lipinski definition) is 0. The number of rotatable bonds is 3. The molecule has 0 aromatic carbocycles. The van der Waals surface area contributed by atoms with E-state index in [0.29, 0.717) is 18.0 Å². The Bertz CT molecular complexity index is 745. The van der Waals surface area contributed by atoms with E-state index in [4.69, 9.17) is 5.26 Å². The Kier molecular flexibility index (Phi) is 4.25. The Labute approximate surface area is 139 Å². The van der Waals surface area contributed by atoms with Crippen LogP contribution in [0, 0.1) is 17.2 Å². The Morgan fingerprint density at radius 1 is 1.42 bits per heavy atom. The number of nitrogens with zero attached hydrogens (tertiary/aromatic N) is 6. The molecule has 0 radical (unpaired) electrons. The summed E-state index contributed by atoms with van der Waals surface area (Å²) in [7, 11) is 1.80. The third kappa shape index (κ3) is 3.11. The minimum Gasteiger partial charge on any atom is -0.356 e. The Hall–Kier alpha value is -2.82. The Morgan fingerprint density at radius 3 is 2.75 bits per heavy atom. The second-order valence-electron chi connectivity index (χ2n) is 6.03. The van der Waals surface area contributed by atoms with Crippen molar-refractivity contribution in [1.82, 2.24) is 9.88 Å². The fourth-order valence-electron chi connectivity index (χ4n) is 2.72. The van der Waals surface area contributed by atoms with Gasteiger partial charge in [0.2, 0.25) is 12.1 Å². The highest BCUT2D eigenvalue weighted by Crippen LogP contribution is 2.23. The van der Waals surface area contributed by atoms with Crippen molar-refractivity contribution in [3.8, 4) is 6.07 Å². The van der Waals surface area contributed by atoms with Crippen molar-refractivity contribution in [3.63, 3.8) is 0 Å². The van der Waals surface area contributed by atoms with Crippen LogP contribution in [0.4, 0.5) is 10.2 Å². The summed E-state index contributed by atoms with van der Waals surface area (Å²) in [4.78, 5) is 27.4. The molecule has 3 heterocycles. The van der Waals surface area contributed by atoms with Gasteiger partial charge in [0.05, 0.1) is 11.3 Å². The van der Waals surface area contributed by atoms with Crippen LogP contribution in [0.5, 0.6) is 0 Å². The first kappa shape index (κ1) is 16.1. The molecule has 2 aliphatic heterocycles. The lowest BCUT2D eigenvalue weighted by Gasteiger charge is -2.42. The maximum atomic E-state index is 13.4. The highest BCUT2D eigenvalue weighted by atomic mass is 19.1. The smallest absolute Gasteiger partial charge is 0.289 e. The number of nitriles is 1. The molecule has 124 valence electrons. The molecule has 1 aromatic rings. The number of pyridine rings is 1. The zero-order valence-electron chi connectivity index (χ0n) is 13.5. The average molecular weight is 328 g/mol. The molecule has 1 unspecified atom stereocenters. The summed E-state index contributed by atoms with van der Waals surface area (Å²) in [5.74, 6) is 0.693. The van der Waals surface area contributed by atoms with Gasteiger partial charge in [-0.05, 0) is 19.1 Å². The lowest BCUT2D eigenvalue weighted by atomic mass is 9.99. The molecular formula is C16H17FN6O. The fourth-order valence-corrected chi connectivity index (χ4v) is 2.72. The number of carbonyl (C=O) groups is 1. The van der Waals surface area contributed by atoms with Crippen LogP contribution in [0.2, 0.25) is 0 Å². The molecule has 2 aliphatic rings. The molecule has 24 heavy (non-hydrogen) atoms. The number of aromatic nitrogens is 1. The van der Waals surface area contributed by atoms with Crippen LogP contribution in [-0.2, 0) is 4.79 Å². The van der Waals surface area contributed by atoms with E-state index < -0.39 is 12.1 Å². The van der Waals surface area contributed by atoms with Crippen LogP contribution in [-0.4, -0.2) is 60.3 Å². The first-order chi connectivity index (χ1) is 11.5. The summed E-state index contributed by atoms with van der Waals surface area (Å²) >= 11 is 0. The highest BCUT2D eigenvalue weighted by molar-refractivity contribution is 6.16. The maximum Gasteiger partial charge on any atom is 0.289 e. The zero-order chi connectivity index (χ0) is 17.3. The van der Waals surface area contributed by atoms with E-state index in [1.165, 1.54) is 6.92 Å². The number of aliphatic imine (C=N–C) groups is 2. The molecule has 1 fully saturated rings. The van der Waals surface area contributed by atoms with E-state index >= 15 is 0 Å². The minimum absolute atomic E-state index is 0.147. The topological polar surface area (TPSA) is 84.9 Å². The van der Waals surface area contributed by atoms with E-state index in [0.717, 1.165) is 18.9 Å². The van der Waals surface area contributed by atoms with E-state index in [2.05, 4.69) is 19.9 Å². The summed E-state index contributed by atoms with van der Waals surface area (Å²) in [5.41, 5.74) is 0.684. The number of alkyl halides is 1. The molecule has 0 N–H and O–H groups in total. The number of carbonyl (C=O) groups excluding carboxylic acids is 1. The summed E-state index contributed by atoms with van der Waals surface area (Å²) in [6.07, 6.45) is -0.161. The van der Waals surface area contributed by atoms with Crippen molar-refractivity contribution >= 4 is 23.4 Å². The van der Waals surface area contributed by atoms with Crippen molar-refractivity contribution in [3.05, 3.63) is 23.9 Å². The van der Waals surface area contributed by atoms with Gasteiger partial charge in [-0.1, -0.05) is 0 Å².